The van der Waals surface area contributed by atoms with Gasteiger partial charge in [-0.3, -0.25) is 0 Å². The van der Waals surface area contributed by atoms with Crippen LogP contribution in [-0.4, -0.2) is 15.0 Å². The number of aryl methyl sites for hydroxylation is 1. The minimum atomic E-state index is 0.385. The number of rotatable bonds is 1. The highest BCUT2D eigenvalue weighted by Gasteiger charge is 2.08. The van der Waals surface area contributed by atoms with Crippen LogP contribution >= 0.6 is 15.9 Å². The Kier molecular flexibility index (Phi) is 2.20. The van der Waals surface area contributed by atoms with Gasteiger partial charge in [0.05, 0.1) is 4.47 Å². The maximum absolute atomic E-state index is 5.61. The molecular formula is C8H7BrN4O. The van der Waals surface area contributed by atoms with Crippen LogP contribution in [0.1, 0.15) is 5.89 Å². The molecule has 2 aromatic heterocycles. The number of anilines is 1. The number of hydrogen-bond donors (Lipinski definition) is 1. The Bertz CT molecular complexity index is 468. The van der Waals surface area contributed by atoms with Crippen LogP contribution in [0.4, 0.5) is 5.82 Å². The summed E-state index contributed by atoms with van der Waals surface area (Å²) in [6, 6.07) is 0. The van der Waals surface area contributed by atoms with Crippen LogP contribution in [0.5, 0.6) is 0 Å². The van der Waals surface area contributed by atoms with E-state index >= 15 is 0 Å². The summed E-state index contributed by atoms with van der Waals surface area (Å²) < 4.78 is 5.71. The third-order valence-corrected chi connectivity index (χ3v) is 2.23. The summed E-state index contributed by atoms with van der Waals surface area (Å²) in [5.41, 5.74) is 6.19. The summed E-state index contributed by atoms with van der Waals surface area (Å²) in [5, 5.41) is 0. The first-order valence-corrected chi connectivity index (χ1v) is 4.66. The van der Waals surface area contributed by atoms with Crippen molar-refractivity contribution >= 4 is 21.7 Å². The third-order valence-electron chi connectivity index (χ3n) is 1.62. The topological polar surface area (TPSA) is 77.8 Å². The van der Waals surface area contributed by atoms with Gasteiger partial charge in [-0.15, -0.1) is 0 Å². The van der Waals surface area contributed by atoms with Crippen LogP contribution in [0.3, 0.4) is 0 Å². The van der Waals surface area contributed by atoms with Crippen LogP contribution in [0.15, 0.2) is 21.3 Å². The fourth-order valence-electron chi connectivity index (χ4n) is 0.970. The van der Waals surface area contributed by atoms with E-state index in [1.54, 1.807) is 13.1 Å². The Morgan fingerprint density at radius 2 is 2.21 bits per heavy atom. The summed E-state index contributed by atoms with van der Waals surface area (Å²) in [4.78, 5) is 12.2. The Hall–Kier alpha value is -1.43. The average molecular weight is 255 g/mol. The number of nitrogens with two attached hydrogens (primary N) is 1. The Morgan fingerprint density at radius 1 is 1.43 bits per heavy atom. The molecule has 0 fully saturated rings. The average Bonchev–Trinajstić information content (AvgIpc) is 2.57. The van der Waals surface area contributed by atoms with E-state index in [1.807, 2.05) is 0 Å². The molecule has 72 valence electrons. The fraction of sp³-hybridized carbons (Fsp3) is 0.125. The van der Waals surface area contributed by atoms with Gasteiger partial charge in [-0.2, -0.15) is 0 Å². The standard InChI is InChI=1S/C8H7BrN4O/c1-4-12-6(3-14-4)8-11-2-5(9)7(10)13-8/h2-3H,1H3,(H2,10,11,13). The predicted molar refractivity (Wildman–Crippen MR) is 54.4 cm³/mol. The van der Waals surface area contributed by atoms with E-state index in [4.69, 9.17) is 10.2 Å². The molecule has 2 aromatic rings. The lowest BCUT2D eigenvalue weighted by Gasteiger charge is -1.97. The third kappa shape index (κ3) is 1.60. The minimum absolute atomic E-state index is 0.385. The summed E-state index contributed by atoms with van der Waals surface area (Å²) in [5.74, 6) is 1.42. The molecular weight excluding hydrogens is 248 g/mol. The summed E-state index contributed by atoms with van der Waals surface area (Å²) in [7, 11) is 0. The number of oxazole rings is 1. The van der Waals surface area contributed by atoms with Crippen LogP contribution in [-0.2, 0) is 0 Å². The van der Waals surface area contributed by atoms with Gasteiger partial charge < -0.3 is 10.2 Å². The molecule has 0 radical (unpaired) electrons. The van der Waals surface area contributed by atoms with Crippen molar-refractivity contribution < 1.29 is 4.42 Å². The number of nitrogen functional groups attached to an aromatic ring is 1. The van der Waals surface area contributed by atoms with Crippen LogP contribution in [0.2, 0.25) is 0 Å². The van der Waals surface area contributed by atoms with E-state index in [0.717, 1.165) is 0 Å². The van der Waals surface area contributed by atoms with Crippen molar-refractivity contribution in [3.8, 4) is 11.5 Å². The van der Waals surface area contributed by atoms with Gasteiger partial charge in [0.25, 0.3) is 0 Å². The van der Waals surface area contributed by atoms with Crippen LogP contribution in [0, 0.1) is 6.92 Å². The lowest BCUT2D eigenvalue weighted by molar-refractivity contribution is 0.521. The lowest BCUT2D eigenvalue weighted by atomic mass is 10.4. The Morgan fingerprint density at radius 3 is 2.79 bits per heavy atom. The van der Waals surface area contributed by atoms with Crippen LogP contribution < -0.4 is 5.73 Å². The molecule has 0 aliphatic carbocycles. The smallest absolute Gasteiger partial charge is 0.191 e. The molecule has 2 heterocycles. The van der Waals surface area contributed by atoms with Gasteiger partial charge in [0.1, 0.15) is 17.8 Å². The van der Waals surface area contributed by atoms with Gasteiger partial charge in [0.2, 0.25) is 0 Å². The van der Waals surface area contributed by atoms with E-state index in [0.29, 0.717) is 27.7 Å². The maximum Gasteiger partial charge on any atom is 0.191 e. The second kappa shape index (κ2) is 3.38. The van der Waals surface area contributed by atoms with Crippen molar-refractivity contribution in [2.24, 2.45) is 0 Å². The zero-order valence-electron chi connectivity index (χ0n) is 7.36. The summed E-state index contributed by atoms with van der Waals surface area (Å²) in [6.45, 7) is 1.76. The normalized spacial score (nSPS) is 10.4. The van der Waals surface area contributed by atoms with E-state index in [2.05, 4.69) is 30.9 Å². The van der Waals surface area contributed by atoms with Gasteiger partial charge in [0.15, 0.2) is 11.7 Å². The highest BCUT2D eigenvalue weighted by atomic mass is 79.9. The lowest BCUT2D eigenvalue weighted by Crippen LogP contribution is -1.96. The van der Waals surface area contributed by atoms with E-state index in [9.17, 15) is 0 Å². The highest BCUT2D eigenvalue weighted by molar-refractivity contribution is 9.10. The molecule has 0 atom stereocenters. The molecule has 2 N–H and O–H groups in total. The molecule has 0 bridgehead atoms. The van der Waals surface area contributed by atoms with Crippen molar-refractivity contribution in [3.63, 3.8) is 0 Å². The van der Waals surface area contributed by atoms with Crippen molar-refractivity contribution in [1.82, 2.24) is 15.0 Å². The van der Waals surface area contributed by atoms with Crippen molar-refractivity contribution in [1.29, 1.82) is 0 Å². The first-order valence-electron chi connectivity index (χ1n) is 3.87. The molecule has 0 saturated heterocycles. The molecule has 0 spiro atoms. The molecule has 0 saturated carbocycles. The zero-order valence-corrected chi connectivity index (χ0v) is 8.95. The monoisotopic (exact) mass is 254 g/mol. The van der Waals surface area contributed by atoms with Gasteiger partial charge >= 0.3 is 0 Å². The molecule has 6 heteroatoms. The Labute approximate surface area is 88.5 Å². The molecule has 0 unspecified atom stereocenters. The van der Waals surface area contributed by atoms with Crippen LogP contribution in [0.25, 0.3) is 11.5 Å². The van der Waals surface area contributed by atoms with Gasteiger partial charge in [-0.05, 0) is 15.9 Å². The molecule has 0 aliphatic rings. The quantitative estimate of drug-likeness (QED) is 0.840. The zero-order chi connectivity index (χ0) is 10.1. The SMILES string of the molecule is Cc1nc(-c2ncc(Br)c(N)n2)co1. The second-order valence-corrected chi connectivity index (χ2v) is 3.53. The van der Waals surface area contributed by atoms with Gasteiger partial charge in [-0.1, -0.05) is 0 Å². The van der Waals surface area contributed by atoms with Crippen molar-refractivity contribution in [2.75, 3.05) is 5.73 Å². The first kappa shape index (κ1) is 9.14. The second-order valence-electron chi connectivity index (χ2n) is 2.68. The van der Waals surface area contributed by atoms with E-state index < -0.39 is 0 Å². The molecule has 14 heavy (non-hydrogen) atoms. The molecule has 2 rings (SSSR count). The molecule has 0 aromatic carbocycles. The molecule has 0 aliphatic heterocycles. The molecule has 5 nitrogen and oxygen atoms in total. The predicted octanol–water partition coefficient (Wildman–Crippen LogP) is 1.78. The summed E-state index contributed by atoms with van der Waals surface area (Å²) in [6.07, 6.45) is 3.08. The van der Waals surface area contributed by atoms with Crippen molar-refractivity contribution in [3.05, 3.63) is 22.8 Å². The minimum Gasteiger partial charge on any atom is -0.449 e. The van der Waals surface area contributed by atoms with Crippen molar-refractivity contribution in [2.45, 2.75) is 6.92 Å². The first-order chi connectivity index (χ1) is 6.66. The highest BCUT2D eigenvalue weighted by Crippen LogP contribution is 2.20. The number of halogens is 1. The fourth-order valence-corrected chi connectivity index (χ4v) is 1.16. The largest absolute Gasteiger partial charge is 0.449 e. The number of hydrogen-bond acceptors (Lipinski definition) is 5. The molecule has 0 amide bonds. The maximum atomic E-state index is 5.61. The van der Waals surface area contributed by atoms with Gasteiger partial charge in [-0.25, -0.2) is 15.0 Å². The Balaban J connectivity index is 2.47. The summed E-state index contributed by atoms with van der Waals surface area (Å²) >= 11 is 3.21. The van der Waals surface area contributed by atoms with Gasteiger partial charge in [0, 0.05) is 13.1 Å². The number of nitrogens with zero attached hydrogens (tertiary/aromatic N) is 3. The van der Waals surface area contributed by atoms with E-state index in [-0.39, 0.29) is 0 Å². The number of aromatic nitrogens is 3. The van der Waals surface area contributed by atoms with E-state index in [1.165, 1.54) is 6.26 Å².